The van der Waals surface area contributed by atoms with Crippen LogP contribution in [0.25, 0.3) is 11.1 Å². The number of benzene rings is 1. The molecule has 3 N–H and O–H groups in total. The van der Waals surface area contributed by atoms with E-state index in [2.05, 4.69) is 31.7 Å². The predicted octanol–water partition coefficient (Wildman–Crippen LogP) is 2.90. The van der Waals surface area contributed by atoms with Gasteiger partial charge in [0.25, 0.3) is 16.3 Å². The Kier molecular flexibility index (Phi) is 5.26. The van der Waals surface area contributed by atoms with Gasteiger partial charge in [0.15, 0.2) is 11.6 Å². The zero-order chi connectivity index (χ0) is 18.7. The molecule has 0 aliphatic heterocycles. The number of aromatic nitrogens is 3. The number of aryl methyl sites for hydroxylation is 1. The van der Waals surface area contributed by atoms with Crippen LogP contribution in [0.3, 0.4) is 0 Å². The first-order valence-corrected chi connectivity index (χ1v) is 8.57. The fraction of sp³-hybridized carbons (Fsp3) is 0.167. The van der Waals surface area contributed by atoms with Crippen molar-refractivity contribution in [1.82, 2.24) is 14.8 Å². The quantitative estimate of drug-likeness (QED) is 0.680. The van der Waals surface area contributed by atoms with Gasteiger partial charge in [0.1, 0.15) is 10.9 Å². The monoisotopic (exact) mass is 363 g/mol. The maximum Gasteiger partial charge on any atom is 0.281 e. The number of pyridine rings is 1. The third kappa shape index (κ3) is 4.23. The highest BCUT2D eigenvalue weighted by Gasteiger charge is 2.13. The van der Waals surface area contributed by atoms with Gasteiger partial charge in [0.05, 0.1) is 6.20 Å². The van der Waals surface area contributed by atoms with Crippen molar-refractivity contribution in [3.05, 3.63) is 54.5 Å². The summed E-state index contributed by atoms with van der Waals surface area (Å²) in [7, 11) is 1.86. The van der Waals surface area contributed by atoms with E-state index in [0.29, 0.717) is 17.3 Å². The minimum absolute atomic E-state index is 0.201. The Morgan fingerprint density at radius 3 is 2.81 bits per heavy atom. The molecule has 0 aliphatic carbocycles. The van der Waals surface area contributed by atoms with E-state index in [1.165, 1.54) is 0 Å². The molecule has 0 fully saturated rings. The maximum atomic E-state index is 11.2. The molecule has 26 heavy (non-hydrogen) atoms. The van der Waals surface area contributed by atoms with Crippen molar-refractivity contribution in [3.63, 3.8) is 0 Å². The molecule has 8 heteroatoms. The van der Waals surface area contributed by atoms with Crippen LogP contribution >= 0.6 is 0 Å². The third-order valence-electron chi connectivity index (χ3n) is 3.85. The molecule has 0 bridgehead atoms. The number of hydrogen-bond acceptors (Lipinski definition) is 5. The lowest BCUT2D eigenvalue weighted by Gasteiger charge is -2.17. The molecule has 2 radical (unpaired) electrons. The highest BCUT2D eigenvalue weighted by Crippen LogP contribution is 2.31. The highest BCUT2D eigenvalue weighted by atomic mass is 27.0. The average molecular weight is 363 g/mol. The third-order valence-corrected chi connectivity index (χ3v) is 3.99. The Bertz CT molecular complexity index is 941. The second kappa shape index (κ2) is 7.60. The molecule has 0 unspecified atom stereocenters. The first-order chi connectivity index (χ1) is 12.4. The van der Waals surface area contributed by atoms with Crippen molar-refractivity contribution in [2.24, 2.45) is 7.05 Å². The Balaban J connectivity index is 1.83. The Hall–Kier alpha value is -2.82. The lowest BCUT2D eigenvalue weighted by molar-refractivity contribution is 0.228. The molecule has 0 aliphatic rings. The second-order valence-corrected chi connectivity index (χ2v) is 6.41. The van der Waals surface area contributed by atoms with E-state index >= 15 is 0 Å². The minimum Gasteiger partial charge on any atom is -0.482 e. The van der Waals surface area contributed by atoms with Crippen LogP contribution in [-0.2, 0) is 7.05 Å². The summed E-state index contributed by atoms with van der Waals surface area (Å²) in [6, 6.07) is 9.32. The van der Waals surface area contributed by atoms with Gasteiger partial charge >= 0.3 is 0 Å². The summed E-state index contributed by atoms with van der Waals surface area (Å²) in [6.45, 7) is 1.91. The molecular weight excluding hydrogens is 345 g/mol. The number of carbonyl (C=O) groups excluding carboxylic acids is 1. The topological polar surface area (TPSA) is 95.1 Å². The molecule has 130 valence electrons. The van der Waals surface area contributed by atoms with Crippen LogP contribution in [0.5, 0.6) is 5.75 Å². The Morgan fingerprint density at radius 2 is 2.12 bits per heavy atom. The van der Waals surface area contributed by atoms with Gasteiger partial charge in [0.2, 0.25) is 0 Å². The fourth-order valence-corrected chi connectivity index (χ4v) is 2.71. The molecule has 3 aromatic rings. The molecule has 0 saturated carbocycles. The summed E-state index contributed by atoms with van der Waals surface area (Å²) < 4.78 is 7.55. The normalized spacial score (nSPS) is 11.8. The number of nitrogens with zero attached hydrogens (tertiary/aromatic N) is 3. The van der Waals surface area contributed by atoms with E-state index in [9.17, 15) is 4.79 Å². The number of ether oxygens (including phenoxy) is 1. The van der Waals surface area contributed by atoms with Crippen LogP contribution in [0.2, 0.25) is 0 Å². The first kappa shape index (κ1) is 18.0. The summed E-state index contributed by atoms with van der Waals surface area (Å²) >= 11 is 2.09. The summed E-state index contributed by atoms with van der Waals surface area (Å²) in [4.78, 5) is 15.4. The standard InChI is InChI=1S/C18H18N5O2.Al/c1-12(13-4-3-5-16(6-13)21-11-24)25-17-7-14(8-20-18(17)19)15-9-22-23(2)10-15;/h3-10,12H,1-2H3,(H2,19,20)(H,21,24);/t12-;/m1./s1. The summed E-state index contributed by atoms with van der Waals surface area (Å²) in [5.74, 6) is 0.818. The van der Waals surface area contributed by atoms with E-state index in [0.717, 1.165) is 16.7 Å². The van der Waals surface area contributed by atoms with Gasteiger partial charge in [-0.2, -0.15) is 5.10 Å². The van der Waals surface area contributed by atoms with Crippen LogP contribution in [0.1, 0.15) is 18.6 Å². The minimum atomic E-state index is -0.274. The lowest BCUT2D eigenvalue weighted by atomic mass is 10.1. The molecule has 1 atom stereocenters. The first-order valence-electron chi connectivity index (χ1n) is 8.00. The van der Waals surface area contributed by atoms with Crippen molar-refractivity contribution in [3.8, 4) is 16.9 Å². The molecule has 0 saturated heterocycles. The second-order valence-electron chi connectivity index (χ2n) is 5.88. The number of rotatable bonds is 5. The zero-order valence-corrected chi connectivity index (χ0v) is 15.7. The molecule has 3 rings (SSSR count). The SMILES string of the molecule is C[C@@H](Oc1cc(-c2cnn(C)c2)cnc1N)c1cccc(N[C](=O)[Al])c1. The summed E-state index contributed by atoms with van der Waals surface area (Å²) in [5, 5.41) is 6.90. The highest BCUT2D eigenvalue weighted by molar-refractivity contribution is 6.60. The van der Waals surface area contributed by atoms with E-state index in [1.54, 1.807) is 17.1 Å². The number of carbonyl (C=O) groups is 1. The number of anilines is 2. The molecule has 2 aromatic heterocycles. The number of nitrogens with one attached hydrogen (secondary N) is 1. The van der Waals surface area contributed by atoms with Crippen LogP contribution in [0.4, 0.5) is 16.3 Å². The number of hydrogen-bond donors (Lipinski definition) is 2. The lowest BCUT2D eigenvalue weighted by Crippen LogP contribution is -2.10. The largest absolute Gasteiger partial charge is 0.482 e. The van der Waals surface area contributed by atoms with E-state index in [1.807, 2.05) is 50.5 Å². The predicted molar refractivity (Wildman–Crippen MR) is 101 cm³/mol. The van der Waals surface area contributed by atoms with Gasteiger partial charge in [-0.1, -0.05) is 12.1 Å². The maximum absolute atomic E-state index is 11.2. The van der Waals surface area contributed by atoms with Gasteiger partial charge in [-0.3, -0.25) is 4.68 Å². The van der Waals surface area contributed by atoms with Crippen molar-refractivity contribution >= 4 is 32.6 Å². The van der Waals surface area contributed by atoms with Crippen molar-refractivity contribution in [2.75, 3.05) is 11.1 Å². The van der Waals surface area contributed by atoms with E-state index in [-0.39, 0.29) is 10.9 Å². The summed E-state index contributed by atoms with van der Waals surface area (Å²) in [5.41, 5.74) is 9.40. The molecule has 1 amide bonds. The zero-order valence-electron chi connectivity index (χ0n) is 14.5. The number of amides is 1. The Morgan fingerprint density at radius 1 is 1.31 bits per heavy atom. The van der Waals surface area contributed by atoms with E-state index in [4.69, 9.17) is 10.5 Å². The van der Waals surface area contributed by atoms with Crippen LogP contribution in [-0.4, -0.2) is 35.8 Å². The molecule has 0 spiro atoms. The van der Waals surface area contributed by atoms with Gasteiger partial charge in [0, 0.05) is 36.3 Å². The summed E-state index contributed by atoms with van der Waals surface area (Å²) in [6.07, 6.45) is 5.08. The Labute approximate surface area is 159 Å². The van der Waals surface area contributed by atoms with Gasteiger partial charge in [-0.25, -0.2) is 4.98 Å². The average Bonchev–Trinajstić information content (AvgIpc) is 3.03. The van der Waals surface area contributed by atoms with Crippen molar-refractivity contribution in [1.29, 1.82) is 0 Å². The smallest absolute Gasteiger partial charge is 0.281 e. The van der Waals surface area contributed by atoms with Crippen LogP contribution < -0.4 is 15.8 Å². The van der Waals surface area contributed by atoms with Gasteiger partial charge < -0.3 is 20.6 Å². The molecular formula is C18H18AlN5O2. The fourth-order valence-electron chi connectivity index (χ4n) is 2.55. The number of nitrogen functional groups attached to an aromatic ring is 1. The van der Waals surface area contributed by atoms with Crippen LogP contribution in [0, 0.1) is 0 Å². The van der Waals surface area contributed by atoms with Crippen LogP contribution in [0.15, 0.2) is 48.9 Å². The van der Waals surface area contributed by atoms with E-state index < -0.39 is 0 Å². The van der Waals surface area contributed by atoms with Crippen molar-refractivity contribution in [2.45, 2.75) is 13.0 Å². The number of nitrogens with two attached hydrogens (primary N) is 1. The van der Waals surface area contributed by atoms with Gasteiger partial charge in [-0.05, 0) is 30.7 Å². The molecule has 1 aromatic carbocycles. The molecule has 7 nitrogen and oxygen atoms in total. The van der Waals surface area contributed by atoms with Crippen molar-refractivity contribution < 1.29 is 9.53 Å². The van der Waals surface area contributed by atoms with Gasteiger partial charge in [-0.15, -0.1) is 0 Å². The molecule has 2 heterocycles.